The molecule has 0 atom stereocenters. The molecule has 0 spiro atoms. The van der Waals surface area contributed by atoms with E-state index in [9.17, 15) is 4.79 Å². The molecule has 0 radical (unpaired) electrons. The standard InChI is InChI=1S/C27H43NO4/c1-5-9-13-14-17-28-24-21-22(30-18-10-6-2)15-16-23(24)25(31-19-11-7-3)26(27(28)29)32-20-12-8-4/h15-16,21H,5-14,17-20H2,1-4H3. The van der Waals surface area contributed by atoms with Crippen molar-refractivity contribution in [3.05, 3.63) is 28.6 Å². The zero-order valence-electron chi connectivity index (χ0n) is 20.7. The van der Waals surface area contributed by atoms with E-state index >= 15 is 0 Å². The third-order valence-electron chi connectivity index (χ3n) is 5.64. The summed E-state index contributed by atoms with van der Waals surface area (Å²) in [5.74, 6) is 1.74. The summed E-state index contributed by atoms with van der Waals surface area (Å²) in [5, 5.41) is 0.922. The maximum absolute atomic E-state index is 13.6. The number of nitrogens with zero attached hydrogens (tertiary/aromatic N) is 1. The van der Waals surface area contributed by atoms with Gasteiger partial charge < -0.3 is 18.8 Å². The molecule has 2 aromatic rings. The van der Waals surface area contributed by atoms with Gasteiger partial charge in [-0.05, 0) is 37.8 Å². The average Bonchev–Trinajstić information content (AvgIpc) is 2.80. The predicted octanol–water partition coefficient (Wildman–Crippen LogP) is 7.12. The lowest BCUT2D eigenvalue weighted by atomic mass is 10.1. The first-order chi connectivity index (χ1) is 15.7. The maximum atomic E-state index is 13.6. The van der Waals surface area contributed by atoms with Gasteiger partial charge in [-0.1, -0.05) is 66.2 Å². The Kier molecular flexibility index (Phi) is 12.1. The Hall–Kier alpha value is -2.17. The summed E-state index contributed by atoms with van der Waals surface area (Å²) < 4.78 is 20.0. The first-order valence-electron chi connectivity index (χ1n) is 12.8. The van der Waals surface area contributed by atoms with Crippen molar-refractivity contribution in [2.75, 3.05) is 19.8 Å². The largest absolute Gasteiger partial charge is 0.494 e. The molecule has 2 rings (SSSR count). The van der Waals surface area contributed by atoms with E-state index in [1.807, 2.05) is 22.8 Å². The van der Waals surface area contributed by atoms with Gasteiger partial charge in [0.25, 0.3) is 5.56 Å². The van der Waals surface area contributed by atoms with Crippen LogP contribution in [0.25, 0.3) is 10.9 Å². The van der Waals surface area contributed by atoms with Crippen LogP contribution >= 0.6 is 0 Å². The molecule has 0 saturated carbocycles. The second kappa shape index (κ2) is 14.8. The van der Waals surface area contributed by atoms with Gasteiger partial charge in [0, 0.05) is 18.0 Å². The molecule has 0 bridgehead atoms. The zero-order chi connectivity index (χ0) is 23.2. The Labute approximate surface area is 194 Å². The summed E-state index contributed by atoms with van der Waals surface area (Å²) in [7, 11) is 0. The summed E-state index contributed by atoms with van der Waals surface area (Å²) in [4.78, 5) is 13.6. The molecule has 0 N–H and O–H groups in total. The van der Waals surface area contributed by atoms with E-state index in [0.717, 1.165) is 68.0 Å². The molecular weight excluding hydrogens is 402 g/mol. The molecule has 180 valence electrons. The van der Waals surface area contributed by atoms with Crippen molar-refractivity contribution >= 4 is 10.9 Å². The summed E-state index contributed by atoms with van der Waals surface area (Å²) in [6.07, 6.45) is 10.4. The summed E-state index contributed by atoms with van der Waals surface area (Å²) >= 11 is 0. The van der Waals surface area contributed by atoms with Gasteiger partial charge in [0.05, 0.1) is 25.3 Å². The normalized spacial score (nSPS) is 11.1. The van der Waals surface area contributed by atoms with Crippen molar-refractivity contribution in [1.82, 2.24) is 4.57 Å². The number of hydrogen-bond donors (Lipinski definition) is 0. The van der Waals surface area contributed by atoms with Crippen molar-refractivity contribution in [2.45, 2.75) is 98.4 Å². The topological polar surface area (TPSA) is 49.7 Å². The minimum absolute atomic E-state index is 0.0951. The van der Waals surface area contributed by atoms with Crippen LogP contribution in [-0.2, 0) is 6.54 Å². The van der Waals surface area contributed by atoms with Crippen molar-refractivity contribution in [2.24, 2.45) is 0 Å². The molecule has 5 nitrogen and oxygen atoms in total. The fourth-order valence-electron chi connectivity index (χ4n) is 3.63. The van der Waals surface area contributed by atoms with Gasteiger partial charge in [0.15, 0.2) is 5.75 Å². The van der Waals surface area contributed by atoms with Gasteiger partial charge in [0.1, 0.15) is 5.75 Å². The highest BCUT2D eigenvalue weighted by molar-refractivity contribution is 5.89. The molecule has 1 aromatic heterocycles. The highest BCUT2D eigenvalue weighted by Crippen LogP contribution is 2.35. The Morgan fingerprint density at radius 2 is 1.28 bits per heavy atom. The summed E-state index contributed by atoms with van der Waals surface area (Å²) in [6, 6.07) is 5.99. The maximum Gasteiger partial charge on any atom is 0.297 e. The minimum Gasteiger partial charge on any atom is -0.494 e. The molecule has 0 aliphatic rings. The van der Waals surface area contributed by atoms with E-state index in [0.29, 0.717) is 37.9 Å². The summed E-state index contributed by atoms with van der Waals surface area (Å²) in [6.45, 7) is 11.1. The minimum atomic E-state index is -0.0951. The van der Waals surface area contributed by atoms with E-state index in [4.69, 9.17) is 14.2 Å². The monoisotopic (exact) mass is 445 g/mol. The van der Waals surface area contributed by atoms with Crippen LogP contribution in [0.15, 0.2) is 23.0 Å². The molecule has 0 unspecified atom stereocenters. The smallest absolute Gasteiger partial charge is 0.297 e. The first-order valence-corrected chi connectivity index (χ1v) is 12.8. The van der Waals surface area contributed by atoms with Crippen LogP contribution in [0, 0.1) is 0 Å². The fourth-order valence-corrected chi connectivity index (χ4v) is 3.63. The van der Waals surface area contributed by atoms with Gasteiger partial charge in [0.2, 0.25) is 5.75 Å². The highest BCUT2D eigenvalue weighted by atomic mass is 16.5. The number of aryl methyl sites for hydroxylation is 1. The number of rotatable bonds is 17. The van der Waals surface area contributed by atoms with Crippen LogP contribution < -0.4 is 19.8 Å². The second-order valence-electron chi connectivity index (χ2n) is 8.46. The summed E-state index contributed by atoms with van der Waals surface area (Å²) in [5.41, 5.74) is 0.775. The van der Waals surface area contributed by atoms with E-state index in [2.05, 4.69) is 27.7 Å². The number of fused-ring (bicyclic) bond motifs is 1. The van der Waals surface area contributed by atoms with Crippen molar-refractivity contribution in [1.29, 1.82) is 0 Å². The van der Waals surface area contributed by atoms with E-state index < -0.39 is 0 Å². The van der Waals surface area contributed by atoms with Crippen LogP contribution in [0.5, 0.6) is 17.2 Å². The molecule has 1 aromatic carbocycles. The van der Waals surface area contributed by atoms with E-state index in [-0.39, 0.29) is 5.56 Å². The molecule has 1 heterocycles. The Morgan fingerprint density at radius 1 is 0.688 bits per heavy atom. The third kappa shape index (κ3) is 7.46. The lowest BCUT2D eigenvalue weighted by molar-refractivity contribution is 0.259. The number of hydrogen-bond acceptors (Lipinski definition) is 4. The Balaban J connectivity index is 2.53. The lowest BCUT2D eigenvalue weighted by Gasteiger charge is -2.19. The zero-order valence-corrected chi connectivity index (χ0v) is 20.7. The van der Waals surface area contributed by atoms with Crippen molar-refractivity contribution in [3.63, 3.8) is 0 Å². The number of pyridine rings is 1. The van der Waals surface area contributed by atoms with Crippen LogP contribution in [-0.4, -0.2) is 24.4 Å². The van der Waals surface area contributed by atoms with E-state index in [1.54, 1.807) is 0 Å². The highest BCUT2D eigenvalue weighted by Gasteiger charge is 2.20. The van der Waals surface area contributed by atoms with Crippen LogP contribution in [0.3, 0.4) is 0 Å². The molecular formula is C27H43NO4. The molecule has 0 saturated heterocycles. The average molecular weight is 446 g/mol. The number of ether oxygens (including phenoxy) is 3. The number of unbranched alkanes of at least 4 members (excludes halogenated alkanes) is 6. The SMILES string of the molecule is CCCCCCn1c(=O)c(OCCCC)c(OCCCC)c2ccc(OCCCC)cc21. The Bertz CT molecular complexity index is 859. The van der Waals surface area contributed by atoms with Gasteiger partial charge >= 0.3 is 0 Å². The third-order valence-corrected chi connectivity index (χ3v) is 5.64. The van der Waals surface area contributed by atoms with Crippen LogP contribution in [0.4, 0.5) is 0 Å². The number of benzene rings is 1. The molecule has 32 heavy (non-hydrogen) atoms. The first kappa shape index (κ1) is 26.1. The van der Waals surface area contributed by atoms with Gasteiger partial charge in [-0.25, -0.2) is 0 Å². The molecule has 0 aliphatic heterocycles. The second-order valence-corrected chi connectivity index (χ2v) is 8.46. The molecule has 0 aliphatic carbocycles. The van der Waals surface area contributed by atoms with Crippen LogP contribution in [0.2, 0.25) is 0 Å². The number of aromatic nitrogens is 1. The van der Waals surface area contributed by atoms with Gasteiger partial charge in [-0.3, -0.25) is 4.79 Å². The Morgan fingerprint density at radius 3 is 1.91 bits per heavy atom. The molecule has 0 fully saturated rings. The van der Waals surface area contributed by atoms with Crippen LogP contribution in [0.1, 0.15) is 91.9 Å². The van der Waals surface area contributed by atoms with Crippen molar-refractivity contribution < 1.29 is 14.2 Å². The van der Waals surface area contributed by atoms with E-state index in [1.165, 1.54) is 12.8 Å². The van der Waals surface area contributed by atoms with Gasteiger partial charge in [-0.15, -0.1) is 0 Å². The molecule has 0 amide bonds. The predicted molar refractivity (Wildman–Crippen MR) is 134 cm³/mol. The lowest BCUT2D eigenvalue weighted by Crippen LogP contribution is -2.24. The quantitative estimate of drug-likeness (QED) is 0.243. The van der Waals surface area contributed by atoms with Gasteiger partial charge in [-0.2, -0.15) is 0 Å². The fraction of sp³-hybridized carbons (Fsp3) is 0.667. The molecule has 5 heteroatoms. The van der Waals surface area contributed by atoms with Crippen molar-refractivity contribution in [3.8, 4) is 17.2 Å².